The molecule has 2 amide bonds. The van der Waals surface area contributed by atoms with Gasteiger partial charge in [0.15, 0.2) is 0 Å². The summed E-state index contributed by atoms with van der Waals surface area (Å²) in [5.74, 6) is -1.84. The molecule has 6 nitrogen and oxygen atoms in total. The number of benzene rings is 2. The van der Waals surface area contributed by atoms with Crippen molar-refractivity contribution in [1.82, 2.24) is 14.7 Å². The van der Waals surface area contributed by atoms with E-state index >= 15 is 0 Å². The van der Waals surface area contributed by atoms with Gasteiger partial charge in [0, 0.05) is 68.1 Å². The maximum Gasteiger partial charge on any atom is 0.471 e. The molecule has 0 saturated carbocycles. The van der Waals surface area contributed by atoms with Crippen LogP contribution < -0.4 is 5.32 Å². The number of nitrogens with one attached hydrogen (secondary N) is 1. The first-order chi connectivity index (χ1) is 15.7. The van der Waals surface area contributed by atoms with Crippen molar-refractivity contribution < 1.29 is 22.8 Å². The first kappa shape index (κ1) is 23.4. The highest BCUT2D eigenvalue weighted by molar-refractivity contribution is 6.30. The third kappa shape index (κ3) is 5.59. The molecule has 2 heterocycles. The van der Waals surface area contributed by atoms with E-state index in [0.717, 1.165) is 16.2 Å². The van der Waals surface area contributed by atoms with Gasteiger partial charge in [-0.05, 0) is 35.9 Å². The molecule has 2 aliphatic heterocycles. The first-order valence-corrected chi connectivity index (χ1v) is 11.1. The minimum atomic E-state index is -4.83. The zero-order valence-electron chi connectivity index (χ0n) is 17.8. The molecule has 176 valence electrons. The summed E-state index contributed by atoms with van der Waals surface area (Å²) in [5, 5.41) is 3.94. The van der Waals surface area contributed by atoms with Gasteiger partial charge < -0.3 is 15.1 Å². The molecule has 10 heteroatoms. The second kappa shape index (κ2) is 9.61. The van der Waals surface area contributed by atoms with Gasteiger partial charge in [-0.1, -0.05) is 29.8 Å². The molecular formula is C23H24ClF3N4O2. The number of amides is 2. The van der Waals surface area contributed by atoms with Crippen LogP contribution in [0.25, 0.3) is 0 Å². The van der Waals surface area contributed by atoms with E-state index in [9.17, 15) is 22.8 Å². The molecule has 0 spiro atoms. The van der Waals surface area contributed by atoms with E-state index in [1.165, 1.54) is 0 Å². The Morgan fingerprint density at radius 1 is 0.970 bits per heavy atom. The first-order valence-electron chi connectivity index (χ1n) is 10.7. The predicted octanol–water partition coefficient (Wildman–Crippen LogP) is 3.48. The lowest BCUT2D eigenvalue weighted by Crippen LogP contribution is -2.65. The molecular weight excluding hydrogens is 457 g/mol. The average Bonchev–Trinajstić information content (AvgIpc) is 2.76. The molecule has 0 unspecified atom stereocenters. The van der Waals surface area contributed by atoms with Crippen molar-refractivity contribution in [3.63, 3.8) is 0 Å². The molecule has 2 saturated heterocycles. The number of piperazine rings is 1. The molecule has 2 fully saturated rings. The van der Waals surface area contributed by atoms with E-state index in [1.807, 2.05) is 36.4 Å². The summed E-state index contributed by atoms with van der Waals surface area (Å²) in [4.78, 5) is 28.7. The number of likely N-dealkylation sites (tertiary alicyclic amines) is 1. The highest BCUT2D eigenvalue weighted by Gasteiger charge is 2.44. The number of carbonyl (C=O) groups is 2. The molecule has 0 bridgehead atoms. The van der Waals surface area contributed by atoms with Crippen LogP contribution in [0.2, 0.25) is 5.02 Å². The van der Waals surface area contributed by atoms with Crippen molar-refractivity contribution in [1.29, 1.82) is 0 Å². The minimum absolute atomic E-state index is 0.0491. The van der Waals surface area contributed by atoms with Gasteiger partial charge in [0.1, 0.15) is 0 Å². The molecule has 1 N–H and O–H groups in total. The van der Waals surface area contributed by atoms with Crippen LogP contribution in [0.1, 0.15) is 15.9 Å². The summed E-state index contributed by atoms with van der Waals surface area (Å²) in [7, 11) is 0. The second-order valence-corrected chi connectivity index (χ2v) is 8.69. The standard InChI is InChI=1S/C23H24ClF3N4O2/c24-18-2-1-3-19(12-18)28-13-16-4-6-17(7-5-16)21(32)31-14-20(15-31)29-8-10-30(11-9-29)22(33)23(25,26)27/h1-7,12,20,28H,8-11,13-15H2. The Bertz CT molecular complexity index is 1000. The fourth-order valence-corrected chi connectivity index (χ4v) is 4.26. The lowest BCUT2D eigenvalue weighted by molar-refractivity contribution is -0.187. The number of halogens is 4. The van der Waals surface area contributed by atoms with Gasteiger partial charge in [0.2, 0.25) is 0 Å². The van der Waals surface area contributed by atoms with Crippen LogP contribution in [0.5, 0.6) is 0 Å². The highest BCUT2D eigenvalue weighted by Crippen LogP contribution is 2.23. The van der Waals surface area contributed by atoms with Crippen molar-refractivity contribution in [2.45, 2.75) is 18.8 Å². The van der Waals surface area contributed by atoms with Crippen LogP contribution in [-0.2, 0) is 11.3 Å². The van der Waals surface area contributed by atoms with Crippen LogP contribution in [0.3, 0.4) is 0 Å². The third-order valence-corrected chi connectivity index (χ3v) is 6.27. The smallest absolute Gasteiger partial charge is 0.381 e. The number of alkyl halides is 3. The molecule has 0 aromatic heterocycles. The number of anilines is 1. The van der Waals surface area contributed by atoms with Crippen molar-refractivity contribution in [3.8, 4) is 0 Å². The van der Waals surface area contributed by atoms with E-state index in [2.05, 4.69) is 10.2 Å². The van der Waals surface area contributed by atoms with Crippen molar-refractivity contribution in [2.75, 3.05) is 44.6 Å². The van der Waals surface area contributed by atoms with Crippen molar-refractivity contribution >= 4 is 29.1 Å². The summed E-state index contributed by atoms with van der Waals surface area (Å²) >= 11 is 5.98. The Morgan fingerprint density at radius 3 is 2.24 bits per heavy atom. The number of rotatable bonds is 5. The number of hydrogen-bond donors (Lipinski definition) is 1. The van der Waals surface area contributed by atoms with E-state index < -0.39 is 12.1 Å². The van der Waals surface area contributed by atoms with Gasteiger partial charge in [0.05, 0.1) is 0 Å². The summed E-state index contributed by atoms with van der Waals surface area (Å²) in [5.41, 5.74) is 2.54. The van der Waals surface area contributed by atoms with Crippen LogP contribution in [0, 0.1) is 0 Å². The van der Waals surface area contributed by atoms with Gasteiger partial charge in [-0.3, -0.25) is 14.5 Å². The van der Waals surface area contributed by atoms with Gasteiger partial charge in [0.25, 0.3) is 5.91 Å². The average molecular weight is 481 g/mol. The van der Waals surface area contributed by atoms with E-state index in [4.69, 9.17) is 11.6 Å². The number of hydrogen-bond acceptors (Lipinski definition) is 4. The number of nitrogens with zero attached hydrogens (tertiary/aromatic N) is 3. The Kier molecular flexibility index (Phi) is 6.81. The Labute approximate surface area is 194 Å². The molecule has 2 aromatic rings. The normalized spacial score (nSPS) is 17.6. The molecule has 4 rings (SSSR count). The largest absolute Gasteiger partial charge is 0.471 e. The minimum Gasteiger partial charge on any atom is -0.381 e. The summed E-state index contributed by atoms with van der Waals surface area (Å²) in [6.45, 7) is 2.52. The zero-order valence-corrected chi connectivity index (χ0v) is 18.6. The monoisotopic (exact) mass is 480 g/mol. The van der Waals surface area contributed by atoms with Crippen molar-refractivity contribution in [3.05, 3.63) is 64.7 Å². The Balaban J connectivity index is 1.22. The zero-order chi connectivity index (χ0) is 23.6. The van der Waals surface area contributed by atoms with E-state index in [1.54, 1.807) is 17.0 Å². The molecule has 0 aliphatic carbocycles. The molecule has 0 radical (unpaired) electrons. The lowest BCUT2D eigenvalue weighted by atomic mass is 10.0. The maximum atomic E-state index is 12.7. The fourth-order valence-electron chi connectivity index (χ4n) is 4.07. The Hall–Kier alpha value is -2.78. The van der Waals surface area contributed by atoms with Crippen LogP contribution in [0.15, 0.2) is 48.5 Å². The van der Waals surface area contributed by atoms with Crippen LogP contribution >= 0.6 is 11.6 Å². The molecule has 33 heavy (non-hydrogen) atoms. The SMILES string of the molecule is O=C(c1ccc(CNc2cccc(Cl)c2)cc1)N1CC(N2CCN(C(=O)C(F)(F)F)CC2)C1. The van der Waals surface area contributed by atoms with Gasteiger partial charge in [-0.25, -0.2) is 0 Å². The molecule has 2 aromatic carbocycles. The summed E-state index contributed by atoms with van der Waals surface area (Å²) in [6.07, 6.45) is -4.83. The summed E-state index contributed by atoms with van der Waals surface area (Å²) < 4.78 is 37.7. The van der Waals surface area contributed by atoms with Crippen molar-refractivity contribution in [2.24, 2.45) is 0 Å². The predicted molar refractivity (Wildman–Crippen MR) is 119 cm³/mol. The molecule has 2 aliphatic rings. The topological polar surface area (TPSA) is 55.9 Å². The number of carbonyl (C=O) groups excluding carboxylic acids is 2. The molecule has 0 atom stereocenters. The van der Waals surface area contributed by atoms with Gasteiger partial charge in [-0.2, -0.15) is 13.2 Å². The second-order valence-electron chi connectivity index (χ2n) is 8.25. The highest BCUT2D eigenvalue weighted by atomic mass is 35.5. The third-order valence-electron chi connectivity index (χ3n) is 6.03. The lowest BCUT2D eigenvalue weighted by Gasteiger charge is -2.48. The van der Waals surface area contributed by atoms with Gasteiger partial charge >= 0.3 is 12.1 Å². The van der Waals surface area contributed by atoms with Gasteiger partial charge in [-0.15, -0.1) is 0 Å². The maximum absolute atomic E-state index is 12.7. The quantitative estimate of drug-likeness (QED) is 0.712. The van der Waals surface area contributed by atoms with Crippen LogP contribution in [0.4, 0.5) is 18.9 Å². The van der Waals surface area contributed by atoms with Crippen LogP contribution in [-0.4, -0.2) is 78.0 Å². The Morgan fingerprint density at radius 2 is 1.64 bits per heavy atom. The summed E-state index contributed by atoms with van der Waals surface area (Å²) in [6, 6.07) is 15.0. The van der Waals surface area contributed by atoms with E-state index in [-0.39, 0.29) is 25.0 Å². The van der Waals surface area contributed by atoms with E-state index in [0.29, 0.717) is 43.3 Å². The fraction of sp³-hybridized carbons (Fsp3) is 0.391.